The molecule has 1 aliphatic rings. The minimum Gasteiger partial charge on any atom is -0.394 e. The van der Waals surface area contributed by atoms with Gasteiger partial charge in [-0.25, -0.2) is 0 Å². The maximum atomic E-state index is 9.71. The van der Waals surface area contributed by atoms with E-state index in [9.17, 15) is 5.11 Å². The molecule has 0 unspecified atom stereocenters. The molecule has 0 aliphatic heterocycles. The van der Waals surface area contributed by atoms with Gasteiger partial charge in [0.25, 0.3) is 0 Å². The summed E-state index contributed by atoms with van der Waals surface area (Å²) < 4.78 is 0. The largest absolute Gasteiger partial charge is 0.394 e. The quantitative estimate of drug-likeness (QED) is 0.740. The predicted octanol–water partition coefficient (Wildman–Crippen LogP) is 3.83. The van der Waals surface area contributed by atoms with Gasteiger partial charge in [-0.2, -0.15) is 0 Å². The van der Waals surface area contributed by atoms with Crippen molar-refractivity contribution in [1.29, 1.82) is 0 Å². The first-order valence-electron chi connectivity index (χ1n) is 7.88. The van der Waals surface area contributed by atoms with Crippen LogP contribution in [-0.4, -0.2) is 17.8 Å². The number of benzene rings is 1. The van der Waals surface area contributed by atoms with Crippen molar-refractivity contribution in [2.75, 3.05) is 6.61 Å². The van der Waals surface area contributed by atoms with Gasteiger partial charge in [0.15, 0.2) is 0 Å². The minimum absolute atomic E-state index is 0.0306. The molecule has 0 bridgehead atoms. The van der Waals surface area contributed by atoms with Crippen molar-refractivity contribution in [3.8, 4) is 0 Å². The summed E-state index contributed by atoms with van der Waals surface area (Å²) in [6.07, 6.45) is 9.65. The first-order chi connectivity index (χ1) is 9.85. The number of hydrogen-bond acceptors (Lipinski definition) is 2. The molecule has 0 radical (unpaired) electrons. The fourth-order valence-electron chi connectivity index (χ4n) is 3.31. The van der Waals surface area contributed by atoms with Gasteiger partial charge in [-0.15, -0.1) is 6.58 Å². The Kier molecular flexibility index (Phi) is 6.28. The van der Waals surface area contributed by atoms with Crippen LogP contribution in [0.2, 0.25) is 0 Å². The van der Waals surface area contributed by atoms with Gasteiger partial charge in [0.1, 0.15) is 0 Å². The zero-order chi connectivity index (χ0) is 14.2. The number of hydrogen-bond donors (Lipinski definition) is 2. The van der Waals surface area contributed by atoms with Crippen molar-refractivity contribution in [3.05, 3.63) is 48.6 Å². The molecule has 0 amide bonds. The second kappa shape index (κ2) is 8.23. The van der Waals surface area contributed by atoms with E-state index in [0.717, 1.165) is 12.3 Å². The minimum atomic E-state index is 0.0306. The molecule has 20 heavy (non-hydrogen) atoms. The van der Waals surface area contributed by atoms with Crippen LogP contribution in [-0.2, 0) is 0 Å². The van der Waals surface area contributed by atoms with Gasteiger partial charge in [-0.05, 0) is 30.7 Å². The van der Waals surface area contributed by atoms with Crippen molar-refractivity contribution in [3.63, 3.8) is 0 Å². The monoisotopic (exact) mass is 273 g/mol. The maximum absolute atomic E-state index is 9.71. The van der Waals surface area contributed by atoms with E-state index in [2.05, 4.69) is 24.0 Å². The number of aliphatic hydroxyl groups excluding tert-OH is 1. The second-order valence-electron chi connectivity index (χ2n) is 5.84. The molecule has 0 spiro atoms. The van der Waals surface area contributed by atoms with Gasteiger partial charge in [-0.1, -0.05) is 55.7 Å². The Bertz CT molecular complexity index is 384. The van der Waals surface area contributed by atoms with Gasteiger partial charge >= 0.3 is 0 Å². The lowest BCUT2D eigenvalue weighted by Crippen LogP contribution is -2.40. The Morgan fingerprint density at radius 2 is 1.90 bits per heavy atom. The highest BCUT2D eigenvalue weighted by Gasteiger charge is 2.25. The highest BCUT2D eigenvalue weighted by molar-refractivity contribution is 5.19. The van der Waals surface area contributed by atoms with Gasteiger partial charge in [0, 0.05) is 6.04 Å². The SMILES string of the molecule is C=CC[C@@H](N[C@@H](CO)c1ccccc1)C1CCCCC1. The average molecular weight is 273 g/mol. The van der Waals surface area contributed by atoms with Crippen molar-refractivity contribution in [2.24, 2.45) is 5.92 Å². The molecule has 1 saturated carbocycles. The van der Waals surface area contributed by atoms with E-state index < -0.39 is 0 Å². The Morgan fingerprint density at radius 3 is 2.50 bits per heavy atom. The maximum Gasteiger partial charge on any atom is 0.0626 e. The lowest BCUT2D eigenvalue weighted by Gasteiger charge is -2.33. The predicted molar refractivity (Wildman–Crippen MR) is 84.6 cm³/mol. The van der Waals surface area contributed by atoms with Crippen LogP contribution in [0.25, 0.3) is 0 Å². The molecule has 0 aromatic heterocycles. The fourth-order valence-corrected chi connectivity index (χ4v) is 3.31. The molecular formula is C18H27NO. The normalized spacial score (nSPS) is 19.4. The van der Waals surface area contributed by atoms with E-state index in [4.69, 9.17) is 0 Å². The first kappa shape index (κ1) is 15.3. The number of rotatable bonds is 7. The van der Waals surface area contributed by atoms with Crippen LogP contribution in [0.4, 0.5) is 0 Å². The van der Waals surface area contributed by atoms with E-state index in [1.165, 1.54) is 37.7 Å². The summed E-state index contributed by atoms with van der Waals surface area (Å²) in [5.74, 6) is 0.722. The third-order valence-electron chi connectivity index (χ3n) is 4.44. The third kappa shape index (κ3) is 4.19. The van der Waals surface area contributed by atoms with Crippen LogP contribution >= 0.6 is 0 Å². The Labute approximate surface area is 122 Å². The molecule has 0 heterocycles. The van der Waals surface area contributed by atoms with Crippen LogP contribution in [0, 0.1) is 5.92 Å². The second-order valence-corrected chi connectivity index (χ2v) is 5.84. The van der Waals surface area contributed by atoms with E-state index in [-0.39, 0.29) is 12.6 Å². The highest BCUT2D eigenvalue weighted by Crippen LogP contribution is 2.29. The third-order valence-corrected chi connectivity index (χ3v) is 4.44. The van der Waals surface area contributed by atoms with E-state index in [1.54, 1.807) is 0 Å². The highest BCUT2D eigenvalue weighted by atomic mass is 16.3. The summed E-state index contributed by atoms with van der Waals surface area (Å²) in [6, 6.07) is 10.7. The van der Waals surface area contributed by atoms with Crippen molar-refractivity contribution in [1.82, 2.24) is 5.32 Å². The molecule has 110 valence electrons. The molecule has 1 fully saturated rings. The standard InChI is InChI=1S/C18H27NO/c1-2-9-17(15-10-5-3-6-11-15)19-18(14-20)16-12-7-4-8-13-16/h2,4,7-8,12-13,15,17-20H,1,3,5-6,9-11,14H2/t17-,18+/m1/s1. The van der Waals surface area contributed by atoms with Gasteiger partial charge in [-0.3, -0.25) is 0 Å². The molecule has 1 aromatic rings. The Morgan fingerprint density at radius 1 is 1.20 bits per heavy atom. The van der Waals surface area contributed by atoms with E-state index >= 15 is 0 Å². The summed E-state index contributed by atoms with van der Waals surface area (Å²) in [7, 11) is 0. The molecule has 2 nitrogen and oxygen atoms in total. The summed E-state index contributed by atoms with van der Waals surface area (Å²) in [6.45, 7) is 4.04. The number of aliphatic hydroxyl groups is 1. The number of nitrogens with one attached hydrogen (secondary N) is 1. The van der Waals surface area contributed by atoms with E-state index in [0.29, 0.717) is 6.04 Å². The summed E-state index contributed by atoms with van der Waals surface area (Å²) >= 11 is 0. The molecule has 2 N–H and O–H groups in total. The van der Waals surface area contributed by atoms with Crippen LogP contribution in [0.15, 0.2) is 43.0 Å². The van der Waals surface area contributed by atoms with Crippen molar-refractivity contribution in [2.45, 2.75) is 50.6 Å². The molecule has 1 aromatic carbocycles. The Balaban J connectivity index is 2.03. The Hall–Kier alpha value is -1.12. The van der Waals surface area contributed by atoms with Crippen LogP contribution < -0.4 is 5.32 Å². The van der Waals surface area contributed by atoms with Crippen LogP contribution in [0.5, 0.6) is 0 Å². The fraction of sp³-hybridized carbons (Fsp3) is 0.556. The summed E-state index contributed by atoms with van der Waals surface area (Å²) in [5, 5.41) is 13.4. The molecule has 0 saturated heterocycles. The van der Waals surface area contributed by atoms with Gasteiger partial charge in [0.2, 0.25) is 0 Å². The lowest BCUT2D eigenvalue weighted by atomic mass is 9.82. The van der Waals surface area contributed by atoms with E-state index in [1.807, 2.05) is 24.3 Å². The topological polar surface area (TPSA) is 32.3 Å². The van der Waals surface area contributed by atoms with Crippen LogP contribution in [0.1, 0.15) is 50.1 Å². The lowest BCUT2D eigenvalue weighted by molar-refractivity contribution is 0.197. The zero-order valence-electron chi connectivity index (χ0n) is 12.3. The molecule has 2 heteroatoms. The van der Waals surface area contributed by atoms with Gasteiger partial charge < -0.3 is 10.4 Å². The van der Waals surface area contributed by atoms with Crippen molar-refractivity contribution < 1.29 is 5.11 Å². The van der Waals surface area contributed by atoms with Crippen molar-refractivity contribution >= 4 is 0 Å². The smallest absolute Gasteiger partial charge is 0.0626 e. The first-order valence-corrected chi connectivity index (χ1v) is 7.88. The van der Waals surface area contributed by atoms with Gasteiger partial charge in [0.05, 0.1) is 12.6 Å². The average Bonchev–Trinajstić information content (AvgIpc) is 2.53. The summed E-state index contributed by atoms with van der Waals surface area (Å²) in [4.78, 5) is 0. The zero-order valence-corrected chi connectivity index (χ0v) is 12.3. The molecular weight excluding hydrogens is 246 g/mol. The molecule has 1 aliphatic carbocycles. The molecule has 2 atom stereocenters. The molecule has 2 rings (SSSR count). The van der Waals surface area contributed by atoms with Crippen LogP contribution in [0.3, 0.4) is 0 Å². The summed E-state index contributed by atoms with van der Waals surface area (Å²) in [5.41, 5.74) is 1.17.